The zero-order chi connectivity index (χ0) is 14.4. The fraction of sp³-hybridized carbons (Fsp3) is 0.188. The van der Waals surface area contributed by atoms with E-state index in [0.29, 0.717) is 6.61 Å². The van der Waals surface area contributed by atoms with Gasteiger partial charge in [-0.1, -0.05) is 29.8 Å². The van der Waals surface area contributed by atoms with Crippen LogP contribution < -0.4 is 10.2 Å². The van der Waals surface area contributed by atoms with Gasteiger partial charge < -0.3 is 4.74 Å². The van der Waals surface area contributed by atoms with Gasteiger partial charge in [-0.25, -0.2) is 0 Å². The maximum absolute atomic E-state index is 6.06. The van der Waals surface area contributed by atoms with Gasteiger partial charge in [0.05, 0.1) is 18.5 Å². The molecule has 3 nitrogen and oxygen atoms in total. The summed E-state index contributed by atoms with van der Waals surface area (Å²) in [6, 6.07) is 13.5. The molecule has 0 aliphatic heterocycles. The number of anilines is 1. The number of halogens is 1. The van der Waals surface area contributed by atoms with Gasteiger partial charge in [0.2, 0.25) is 0 Å². The van der Waals surface area contributed by atoms with Crippen LogP contribution in [0, 0.1) is 6.92 Å². The Bertz CT molecular complexity index is 611. The Labute approximate surface area is 124 Å². The van der Waals surface area contributed by atoms with Crippen LogP contribution in [-0.2, 0) is 0 Å². The molecule has 2 aromatic carbocycles. The topological polar surface area (TPSA) is 33.6 Å². The van der Waals surface area contributed by atoms with E-state index in [0.717, 1.165) is 27.6 Å². The molecule has 0 spiro atoms. The first kappa shape index (κ1) is 14.4. The molecule has 0 aliphatic rings. The minimum atomic E-state index is 0.631. The quantitative estimate of drug-likeness (QED) is 0.649. The van der Waals surface area contributed by atoms with Gasteiger partial charge in [0, 0.05) is 10.6 Å². The van der Waals surface area contributed by atoms with Crippen LogP contribution in [0.15, 0.2) is 47.6 Å². The average Bonchev–Trinajstić information content (AvgIpc) is 2.45. The smallest absolute Gasteiger partial charge is 0.128 e. The molecule has 0 atom stereocenters. The van der Waals surface area contributed by atoms with E-state index >= 15 is 0 Å². The van der Waals surface area contributed by atoms with Gasteiger partial charge in [0.15, 0.2) is 0 Å². The lowest BCUT2D eigenvalue weighted by Gasteiger charge is -2.06. The first-order valence-electron chi connectivity index (χ1n) is 6.47. The minimum Gasteiger partial charge on any atom is -0.493 e. The van der Waals surface area contributed by atoms with Crippen molar-refractivity contribution in [1.82, 2.24) is 0 Å². The minimum absolute atomic E-state index is 0.631. The number of hydrogen-bond donors (Lipinski definition) is 1. The third-order valence-electron chi connectivity index (χ3n) is 2.79. The molecular formula is C16H17ClN2O. The Morgan fingerprint density at radius 2 is 2.05 bits per heavy atom. The van der Waals surface area contributed by atoms with Crippen LogP contribution in [0.3, 0.4) is 0 Å². The van der Waals surface area contributed by atoms with E-state index in [1.807, 2.05) is 56.3 Å². The van der Waals surface area contributed by atoms with Gasteiger partial charge in [-0.2, -0.15) is 5.10 Å². The predicted molar refractivity (Wildman–Crippen MR) is 85.0 cm³/mol. The number of para-hydroxylation sites is 1. The van der Waals surface area contributed by atoms with Crippen molar-refractivity contribution in [1.29, 1.82) is 0 Å². The fourth-order valence-corrected chi connectivity index (χ4v) is 1.89. The van der Waals surface area contributed by atoms with Crippen molar-refractivity contribution in [2.24, 2.45) is 5.10 Å². The van der Waals surface area contributed by atoms with Crippen LogP contribution in [-0.4, -0.2) is 12.8 Å². The molecule has 0 saturated heterocycles. The maximum atomic E-state index is 6.06. The summed E-state index contributed by atoms with van der Waals surface area (Å²) in [5.41, 5.74) is 5.79. The van der Waals surface area contributed by atoms with Crippen molar-refractivity contribution in [2.45, 2.75) is 13.8 Å². The lowest BCUT2D eigenvalue weighted by atomic mass is 10.2. The van der Waals surface area contributed by atoms with Crippen LogP contribution in [0.25, 0.3) is 0 Å². The number of benzene rings is 2. The molecule has 0 fully saturated rings. The Hall–Kier alpha value is -2.00. The summed E-state index contributed by atoms with van der Waals surface area (Å²) in [6.07, 6.45) is 1.73. The first-order valence-corrected chi connectivity index (χ1v) is 6.85. The van der Waals surface area contributed by atoms with Gasteiger partial charge in [-0.3, -0.25) is 5.43 Å². The summed E-state index contributed by atoms with van der Waals surface area (Å²) in [4.78, 5) is 0. The highest BCUT2D eigenvalue weighted by molar-refractivity contribution is 6.31. The number of hydrogen-bond acceptors (Lipinski definition) is 3. The van der Waals surface area contributed by atoms with Crippen molar-refractivity contribution in [3.63, 3.8) is 0 Å². The van der Waals surface area contributed by atoms with Gasteiger partial charge in [0.25, 0.3) is 0 Å². The van der Waals surface area contributed by atoms with Crippen molar-refractivity contribution in [3.8, 4) is 5.75 Å². The number of rotatable bonds is 5. The number of ether oxygens (including phenoxy) is 1. The van der Waals surface area contributed by atoms with Crippen LogP contribution in [0.2, 0.25) is 5.02 Å². The standard InChI is InChI=1S/C16H17ClN2O/c1-3-20-16-7-5-4-6-13(16)11-18-19-14-9-8-12(2)15(17)10-14/h4-11,19H,3H2,1-2H3/b18-11-. The number of nitrogens with zero attached hydrogens (tertiary/aromatic N) is 1. The third kappa shape index (κ3) is 3.75. The normalized spacial score (nSPS) is 10.8. The lowest BCUT2D eigenvalue weighted by Crippen LogP contribution is -1.97. The first-order chi connectivity index (χ1) is 9.70. The molecule has 0 aliphatic carbocycles. The Morgan fingerprint density at radius 3 is 2.80 bits per heavy atom. The van der Waals surface area contributed by atoms with E-state index in [4.69, 9.17) is 16.3 Å². The van der Waals surface area contributed by atoms with Crippen molar-refractivity contribution < 1.29 is 4.74 Å². The molecular weight excluding hydrogens is 272 g/mol. The summed E-state index contributed by atoms with van der Waals surface area (Å²) in [5.74, 6) is 0.822. The summed E-state index contributed by atoms with van der Waals surface area (Å²) < 4.78 is 5.53. The van der Waals surface area contributed by atoms with E-state index in [-0.39, 0.29) is 0 Å². The second-order valence-corrected chi connectivity index (χ2v) is 4.71. The van der Waals surface area contributed by atoms with Crippen molar-refractivity contribution in [3.05, 3.63) is 58.6 Å². The van der Waals surface area contributed by atoms with E-state index in [1.165, 1.54) is 0 Å². The molecule has 0 radical (unpaired) electrons. The summed E-state index contributed by atoms with van der Waals surface area (Å²) in [5, 5.41) is 4.93. The van der Waals surface area contributed by atoms with Crippen LogP contribution in [0.1, 0.15) is 18.1 Å². The number of nitrogens with one attached hydrogen (secondary N) is 1. The summed E-state index contributed by atoms with van der Waals surface area (Å²) in [7, 11) is 0. The zero-order valence-electron chi connectivity index (χ0n) is 11.6. The monoisotopic (exact) mass is 288 g/mol. The fourth-order valence-electron chi connectivity index (χ4n) is 1.71. The SMILES string of the molecule is CCOc1ccccc1/C=N\Nc1ccc(C)c(Cl)c1. The molecule has 0 saturated carbocycles. The Morgan fingerprint density at radius 1 is 1.25 bits per heavy atom. The second kappa shape index (κ2) is 6.96. The molecule has 4 heteroatoms. The van der Waals surface area contributed by atoms with Crippen LogP contribution >= 0.6 is 11.6 Å². The molecule has 0 unspecified atom stereocenters. The van der Waals surface area contributed by atoms with Crippen molar-refractivity contribution >= 4 is 23.5 Å². The highest BCUT2D eigenvalue weighted by atomic mass is 35.5. The van der Waals surface area contributed by atoms with E-state index in [9.17, 15) is 0 Å². The largest absolute Gasteiger partial charge is 0.493 e. The number of aryl methyl sites for hydroxylation is 1. The molecule has 2 aromatic rings. The lowest BCUT2D eigenvalue weighted by molar-refractivity contribution is 0.340. The van der Waals surface area contributed by atoms with Gasteiger partial charge in [-0.05, 0) is 43.7 Å². The van der Waals surface area contributed by atoms with Gasteiger partial charge in [0.1, 0.15) is 5.75 Å². The predicted octanol–water partition coefficient (Wildman–Crippen LogP) is 4.49. The maximum Gasteiger partial charge on any atom is 0.128 e. The van der Waals surface area contributed by atoms with Crippen LogP contribution in [0.5, 0.6) is 5.75 Å². The second-order valence-electron chi connectivity index (χ2n) is 4.30. The Balaban J connectivity index is 2.08. The third-order valence-corrected chi connectivity index (χ3v) is 3.20. The molecule has 0 heterocycles. The molecule has 0 bridgehead atoms. The molecule has 0 aromatic heterocycles. The zero-order valence-corrected chi connectivity index (χ0v) is 12.3. The molecule has 20 heavy (non-hydrogen) atoms. The Kier molecular flexibility index (Phi) is 5.02. The molecule has 104 valence electrons. The molecule has 2 rings (SSSR count). The van der Waals surface area contributed by atoms with E-state index in [2.05, 4.69) is 10.5 Å². The van der Waals surface area contributed by atoms with Gasteiger partial charge in [-0.15, -0.1) is 0 Å². The number of hydrazone groups is 1. The summed E-state index contributed by atoms with van der Waals surface area (Å²) >= 11 is 6.06. The summed E-state index contributed by atoms with van der Waals surface area (Å²) in [6.45, 7) is 4.56. The average molecular weight is 289 g/mol. The van der Waals surface area contributed by atoms with Gasteiger partial charge >= 0.3 is 0 Å². The van der Waals surface area contributed by atoms with E-state index < -0.39 is 0 Å². The van der Waals surface area contributed by atoms with Crippen molar-refractivity contribution in [2.75, 3.05) is 12.0 Å². The van der Waals surface area contributed by atoms with E-state index in [1.54, 1.807) is 6.21 Å². The highest BCUT2D eigenvalue weighted by Gasteiger charge is 1.99. The molecule has 1 N–H and O–H groups in total. The molecule has 0 amide bonds. The highest BCUT2D eigenvalue weighted by Crippen LogP contribution is 2.20. The van der Waals surface area contributed by atoms with Crippen LogP contribution in [0.4, 0.5) is 5.69 Å².